The molecular weight excluding hydrogens is 400 g/mol. The fraction of sp³-hybridized carbons (Fsp3) is 0.208. The molecular formula is C24H21ClN2OS. The number of hydrogen-bond donors (Lipinski definition) is 1. The Kier molecular flexibility index (Phi) is 4.90. The zero-order chi connectivity index (χ0) is 19.8. The van der Waals surface area contributed by atoms with Gasteiger partial charge < -0.3 is 9.88 Å². The van der Waals surface area contributed by atoms with Gasteiger partial charge in [-0.3, -0.25) is 4.79 Å². The van der Waals surface area contributed by atoms with Crippen molar-refractivity contribution >= 4 is 39.7 Å². The van der Waals surface area contributed by atoms with Crippen LogP contribution >= 0.6 is 22.9 Å². The standard InChI is InChI=1S/C24H21ClN2OS/c25-21-12-18(24(28)27-10-2-1-3-11-27)6-7-20(21)19-14-23(29-15-19)17-5-4-16-8-9-26-22(16)13-17/h4-9,12-15,26H,1-3,10-11H2. The number of likely N-dealkylation sites (tertiary alicyclic amines) is 1. The Labute approximate surface area is 178 Å². The van der Waals surface area contributed by atoms with E-state index in [4.69, 9.17) is 11.6 Å². The Balaban J connectivity index is 1.41. The first-order valence-corrected chi connectivity index (χ1v) is 11.2. The summed E-state index contributed by atoms with van der Waals surface area (Å²) < 4.78 is 0. The van der Waals surface area contributed by atoms with Gasteiger partial charge in [0.1, 0.15) is 0 Å². The molecule has 5 rings (SSSR count). The summed E-state index contributed by atoms with van der Waals surface area (Å²) in [6.07, 6.45) is 5.34. The van der Waals surface area contributed by atoms with Gasteiger partial charge in [-0.05, 0) is 71.5 Å². The number of nitrogens with one attached hydrogen (secondary N) is 1. The van der Waals surface area contributed by atoms with Gasteiger partial charge in [0.15, 0.2) is 0 Å². The summed E-state index contributed by atoms with van der Waals surface area (Å²) in [4.78, 5) is 19.1. The van der Waals surface area contributed by atoms with Crippen molar-refractivity contribution in [3.05, 3.63) is 70.7 Å². The largest absolute Gasteiger partial charge is 0.361 e. The summed E-state index contributed by atoms with van der Waals surface area (Å²) >= 11 is 8.30. The molecule has 0 atom stereocenters. The number of benzene rings is 2. The van der Waals surface area contributed by atoms with Gasteiger partial charge >= 0.3 is 0 Å². The van der Waals surface area contributed by atoms with E-state index in [-0.39, 0.29) is 5.91 Å². The van der Waals surface area contributed by atoms with E-state index in [0.29, 0.717) is 10.6 Å². The van der Waals surface area contributed by atoms with Crippen molar-refractivity contribution in [3.63, 3.8) is 0 Å². The number of rotatable bonds is 3. The van der Waals surface area contributed by atoms with Gasteiger partial charge in [0.25, 0.3) is 5.91 Å². The number of amides is 1. The van der Waals surface area contributed by atoms with E-state index in [9.17, 15) is 4.79 Å². The average Bonchev–Trinajstić information content (AvgIpc) is 3.43. The molecule has 1 amide bonds. The van der Waals surface area contributed by atoms with Gasteiger partial charge in [0.2, 0.25) is 0 Å². The minimum Gasteiger partial charge on any atom is -0.361 e. The van der Waals surface area contributed by atoms with Crippen molar-refractivity contribution < 1.29 is 4.79 Å². The molecule has 1 aliphatic heterocycles. The van der Waals surface area contributed by atoms with Gasteiger partial charge in [-0.15, -0.1) is 11.3 Å². The second kappa shape index (κ2) is 7.69. The number of carbonyl (C=O) groups excluding carboxylic acids is 1. The number of nitrogens with zero attached hydrogens (tertiary/aromatic N) is 1. The maximum atomic E-state index is 12.7. The van der Waals surface area contributed by atoms with Crippen LogP contribution < -0.4 is 0 Å². The van der Waals surface area contributed by atoms with E-state index in [1.165, 1.54) is 22.2 Å². The molecule has 2 aromatic carbocycles. The normalized spacial score (nSPS) is 14.4. The lowest BCUT2D eigenvalue weighted by atomic mass is 10.0. The molecule has 3 heterocycles. The molecule has 1 N–H and O–H groups in total. The third-order valence-corrected chi connectivity index (χ3v) is 6.90. The molecule has 0 bridgehead atoms. The summed E-state index contributed by atoms with van der Waals surface area (Å²) in [5.41, 5.74) is 5.04. The summed E-state index contributed by atoms with van der Waals surface area (Å²) in [7, 11) is 0. The zero-order valence-corrected chi connectivity index (χ0v) is 17.5. The predicted molar refractivity (Wildman–Crippen MR) is 122 cm³/mol. The van der Waals surface area contributed by atoms with E-state index >= 15 is 0 Å². The topological polar surface area (TPSA) is 36.1 Å². The molecule has 0 saturated carbocycles. The molecule has 1 fully saturated rings. The summed E-state index contributed by atoms with van der Waals surface area (Å²) in [5, 5.41) is 3.96. The number of H-pyrrole nitrogens is 1. The van der Waals surface area contributed by atoms with Gasteiger partial charge in [-0.1, -0.05) is 29.8 Å². The second-order valence-electron chi connectivity index (χ2n) is 7.53. The van der Waals surface area contributed by atoms with Crippen molar-refractivity contribution in [3.8, 4) is 21.6 Å². The maximum absolute atomic E-state index is 12.7. The highest BCUT2D eigenvalue weighted by atomic mass is 35.5. The van der Waals surface area contributed by atoms with Crippen LogP contribution in [0.4, 0.5) is 0 Å². The zero-order valence-electron chi connectivity index (χ0n) is 16.0. The number of piperidine rings is 1. The van der Waals surface area contributed by atoms with Crippen LogP contribution in [0.2, 0.25) is 5.02 Å². The van der Waals surface area contributed by atoms with Crippen molar-refractivity contribution in [2.45, 2.75) is 19.3 Å². The Bertz CT molecular complexity index is 1190. The number of thiophene rings is 1. The lowest BCUT2D eigenvalue weighted by molar-refractivity contribution is 0.0724. The van der Waals surface area contributed by atoms with Gasteiger partial charge in [0.05, 0.1) is 0 Å². The summed E-state index contributed by atoms with van der Waals surface area (Å²) in [6.45, 7) is 1.69. The summed E-state index contributed by atoms with van der Waals surface area (Å²) in [5.74, 6) is 0.0865. The molecule has 5 heteroatoms. The van der Waals surface area contributed by atoms with E-state index < -0.39 is 0 Å². The first-order chi connectivity index (χ1) is 14.2. The van der Waals surface area contributed by atoms with Crippen LogP contribution in [0, 0.1) is 0 Å². The molecule has 0 unspecified atom stereocenters. The Morgan fingerprint density at radius 2 is 1.83 bits per heavy atom. The quantitative estimate of drug-likeness (QED) is 0.386. The number of hydrogen-bond acceptors (Lipinski definition) is 2. The molecule has 1 saturated heterocycles. The van der Waals surface area contributed by atoms with Crippen LogP contribution in [0.3, 0.4) is 0 Å². The number of carbonyl (C=O) groups is 1. The lowest BCUT2D eigenvalue weighted by Gasteiger charge is -2.26. The minimum atomic E-state index is 0.0865. The van der Waals surface area contributed by atoms with Gasteiger partial charge in [0, 0.05) is 45.8 Å². The van der Waals surface area contributed by atoms with Crippen LogP contribution in [0.15, 0.2) is 60.1 Å². The van der Waals surface area contributed by atoms with E-state index in [1.54, 1.807) is 11.3 Å². The van der Waals surface area contributed by atoms with Crippen LogP contribution in [0.25, 0.3) is 32.5 Å². The lowest BCUT2D eigenvalue weighted by Crippen LogP contribution is -2.35. The van der Waals surface area contributed by atoms with E-state index in [2.05, 4.69) is 40.7 Å². The number of halogens is 1. The SMILES string of the molecule is O=C(c1ccc(-c2csc(-c3ccc4cc[nH]c4c3)c2)c(Cl)c1)N1CCCCC1. The highest BCUT2D eigenvalue weighted by Gasteiger charge is 2.19. The highest BCUT2D eigenvalue weighted by molar-refractivity contribution is 7.14. The van der Waals surface area contributed by atoms with Gasteiger partial charge in [-0.25, -0.2) is 0 Å². The maximum Gasteiger partial charge on any atom is 0.253 e. The number of fused-ring (bicyclic) bond motifs is 1. The number of aromatic nitrogens is 1. The number of aromatic amines is 1. The smallest absolute Gasteiger partial charge is 0.253 e. The first kappa shape index (κ1) is 18.5. The minimum absolute atomic E-state index is 0.0865. The third-order valence-electron chi connectivity index (χ3n) is 5.61. The highest BCUT2D eigenvalue weighted by Crippen LogP contribution is 2.37. The fourth-order valence-corrected chi connectivity index (χ4v) is 5.19. The van der Waals surface area contributed by atoms with E-state index in [1.807, 2.05) is 29.3 Å². The van der Waals surface area contributed by atoms with Crippen LogP contribution in [0.1, 0.15) is 29.6 Å². The van der Waals surface area contributed by atoms with E-state index in [0.717, 1.165) is 42.6 Å². The van der Waals surface area contributed by atoms with Gasteiger partial charge in [-0.2, -0.15) is 0 Å². The van der Waals surface area contributed by atoms with Crippen molar-refractivity contribution in [2.75, 3.05) is 13.1 Å². The average molecular weight is 421 g/mol. The second-order valence-corrected chi connectivity index (χ2v) is 8.85. The third kappa shape index (κ3) is 3.59. The van der Waals surface area contributed by atoms with Crippen LogP contribution in [-0.2, 0) is 0 Å². The first-order valence-electron chi connectivity index (χ1n) is 9.94. The molecule has 29 heavy (non-hydrogen) atoms. The summed E-state index contributed by atoms with van der Waals surface area (Å²) in [6, 6.07) is 16.4. The predicted octanol–water partition coefficient (Wildman–Crippen LogP) is 6.84. The Morgan fingerprint density at radius 3 is 2.66 bits per heavy atom. The van der Waals surface area contributed by atoms with Crippen molar-refractivity contribution in [1.82, 2.24) is 9.88 Å². The molecule has 3 nitrogen and oxygen atoms in total. The Hall–Kier alpha value is -2.56. The molecule has 0 radical (unpaired) electrons. The molecule has 1 aliphatic rings. The monoisotopic (exact) mass is 420 g/mol. The molecule has 2 aromatic heterocycles. The van der Waals surface area contributed by atoms with Crippen molar-refractivity contribution in [1.29, 1.82) is 0 Å². The molecule has 0 spiro atoms. The van der Waals surface area contributed by atoms with Crippen LogP contribution in [-0.4, -0.2) is 28.9 Å². The Morgan fingerprint density at radius 1 is 0.966 bits per heavy atom. The fourth-order valence-electron chi connectivity index (χ4n) is 3.99. The molecule has 0 aliphatic carbocycles. The molecule has 146 valence electrons. The molecule has 4 aromatic rings. The van der Waals surface area contributed by atoms with Crippen molar-refractivity contribution in [2.24, 2.45) is 0 Å². The van der Waals surface area contributed by atoms with Crippen LogP contribution in [0.5, 0.6) is 0 Å².